The third-order valence-electron chi connectivity index (χ3n) is 2.99. The van der Waals surface area contributed by atoms with E-state index in [-0.39, 0.29) is 12.6 Å². The maximum absolute atomic E-state index is 11.7. The molecule has 2 rings (SSSR count). The molecule has 0 saturated carbocycles. The SMILES string of the molecule is O=C(CCCOc1ccc(Br)cc1Cl)OCc1ccc(Cl)cc1. The largest absolute Gasteiger partial charge is 0.492 e. The van der Waals surface area contributed by atoms with Crippen molar-refractivity contribution in [1.82, 2.24) is 0 Å². The Morgan fingerprint density at radius 3 is 2.52 bits per heavy atom. The molecule has 0 unspecified atom stereocenters. The van der Waals surface area contributed by atoms with E-state index in [4.69, 9.17) is 32.7 Å². The van der Waals surface area contributed by atoms with Crippen molar-refractivity contribution < 1.29 is 14.3 Å². The predicted octanol–water partition coefficient (Wildman–Crippen LogP) is 5.66. The maximum atomic E-state index is 11.7. The minimum atomic E-state index is -0.259. The molecule has 23 heavy (non-hydrogen) atoms. The molecule has 0 fully saturated rings. The van der Waals surface area contributed by atoms with Gasteiger partial charge in [0.05, 0.1) is 11.6 Å². The maximum Gasteiger partial charge on any atom is 0.306 e. The van der Waals surface area contributed by atoms with Gasteiger partial charge in [0.1, 0.15) is 12.4 Å². The van der Waals surface area contributed by atoms with Gasteiger partial charge in [0.2, 0.25) is 0 Å². The summed E-state index contributed by atoms with van der Waals surface area (Å²) in [6.07, 6.45) is 0.855. The van der Waals surface area contributed by atoms with Crippen LogP contribution in [-0.2, 0) is 16.1 Å². The number of halogens is 3. The van der Waals surface area contributed by atoms with E-state index in [1.165, 1.54) is 0 Å². The van der Waals surface area contributed by atoms with Crippen molar-refractivity contribution in [3.63, 3.8) is 0 Å². The number of hydrogen-bond donors (Lipinski definition) is 0. The Balaban J connectivity index is 1.65. The lowest BCUT2D eigenvalue weighted by molar-refractivity contribution is -0.145. The summed E-state index contributed by atoms with van der Waals surface area (Å²) >= 11 is 15.2. The van der Waals surface area contributed by atoms with Crippen molar-refractivity contribution >= 4 is 45.1 Å². The smallest absolute Gasteiger partial charge is 0.306 e. The van der Waals surface area contributed by atoms with E-state index in [1.54, 1.807) is 24.3 Å². The number of rotatable bonds is 7. The molecule has 3 nitrogen and oxygen atoms in total. The van der Waals surface area contributed by atoms with Crippen LogP contribution in [0.5, 0.6) is 5.75 Å². The number of esters is 1. The van der Waals surface area contributed by atoms with Gasteiger partial charge in [-0.3, -0.25) is 4.79 Å². The number of carbonyl (C=O) groups excluding carboxylic acids is 1. The summed E-state index contributed by atoms with van der Waals surface area (Å²) < 4.78 is 11.6. The molecule has 0 aliphatic rings. The topological polar surface area (TPSA) is 35.5 Å². The van der Waals surface area contributed by atoms with Crippen LogP contribution in [0.1, 0.15) is 18.4 Å². The molecule has 0 aliphatic carbocycles. The zero-order valence-corrected chi connectivity index (χ0v) is 15.3. The number of hydrogen-bond acceptors (Lipinski definition) is 3. The summed E-state index contributed by atoms with van der Waals surface area (Å²) in [5, 5.41) is 1.19. The highest BCUT2D eigenvalue weighted by atomic mass is 79.9. The van der Waals surface area contributed by atoms with Crippen molar-refractivity contribution in [1.29, 1.82) is 0 Å². The van der Waals surface area contributed by atoms with E-state index >= 15 is 0 Å². The highest BCUT2D eigenvalue weighted by Gasteiger charge is 2.06. The van der Waals surface area contributed by atoms with Crippen LogP contribution >= 0.6 is 39.1 Å². The van der Waals surface area contributed by atoms with Gasteiger partial charge in [-0.05, 0) is 42.3 Å². The van der Waals surface area contributed by atoms with E-state index in [9.17, 15) is 4.79 Å². The second kappa shape index (κ2) is 9.16. The van der Waals surface area contributed by atoms with Gasteiger partial charge in [-0.25, -0.2) is 0 Å². The summed E-state index contributed by atoms with van der Waals surface area (Å²) in [7, 11) is 0. The van der Waals surface area contributed by atoms with Gasteiger partial charge in [-0.15, -0.1) is 0 Å². The predicted molar refractivity (Wildman–Crippen MR) is 95.1 cm³/mol. The van der Waals surface area contributed by atoms with Gasteiger partial charge in [-0.1, -0.05) is 51.3 Å². The highest BCUT2D eigenvalue weighted by Crippen LogP contribution is 2.27. The second-order valence-corrected chi connectivity index (χ2v) is 6.57. The van der Waals surface area contributed by atoms with E-state index in [1.807, 2.05) is 18.2 Å². The Kier molecular flexibility index (Phi) is 7.21. The third kappa shape index (κ3) is 6.42. The van der Waals surface area contributed by atoms with Crippen LogP contribution in [0, 0.1) is 0 Å². The highest BCUT2D eigenvalue weighted by molar-refractivity contribution is 9.10. The lowest BCUT2D eigenvalue weighted by Gasteiger charge is -2.08. The van der Waals surface area contributed by atoms with Crippen LogP contribution in [0.25, 0.3) is 0 Å². The van der Waals surface area contributed by atoms with Gasteiger partial charge >= 0.3 is 5.97 Å². The Morgan fingerprint density at radius 1 is 1.09 bits per heavy atom. The zero-order valence-electron chi connectivity index (χ0n) is 12.2. The monoisotopic (exact) mass is 416 g/mol. The zero-order chi connectivity index (χ0) is 16.7. The molecule has 2 aromatic carbocycles. The van der Waals surface area contributed by atoms with Gasteiger partial charge in [0.25, 0.3) is 0 Å². The fourth-order valence-electron chi connectivity index (χ4n) is 1.81. The van der Waals surface area contributed by atoms with E-state index in [2.05, 4.69) is 15.9 Å². The Hall–Kier alpha value is -1.23. The minimum absolute atomic E-state index is 0.245. The molecular weight excluding hydrogens is 403 g/mol. The Bertz CT molecular complexity index is 659. The number of benzene rings is 2. The van der Waals surface area contributed by atoms with Gasteiger partial charge < -0.3 is 9.47 Å². The molecule has 0 heterocycles. The minimum Gasteiger partial charge on any atom is -0.492 e. The molecule has 0 atom stereocenters. The molecule has 0 radical (unpaired) electrons. The molecule has 0 saturated heterocycles. The van der Waals surface area contributed by atoms with Crippen LogP contribution in [-0.4, -0.2) is 12.6 Å². The van der Waals surface area contributed by atoms with Crippen LogP contribution in [0.2, 0.25) is 10.0 Å². The van der Waals surface area contributed by atoms with E-state index in [0.717, 1.165) is 10.0 Å². The van der Waals surface area contributed by atoms with Crippen LogP contribution in [0.3, 0.4) is 0 Å². The molecular formula is C17H15BrCl2O3. The van der Waals surface area contributed by atoms with Crippen molar-refractivity contribution in [2.24, 2.45) is 0 Å². The van der Waals surface area contributed by atoms with Gasteiger partial charge in [0.15, 0.2) is 0 Å². The third-order valence-corrected chi connectivity index (χ3v) is 4.03. The fourth-order valence-corrected chi connectivity index (χ4v) is 2.66. The van der Waals surface area contributed by atoms with Crippen molar-refractivity contribution in [2.45, 2.75) is 19.4 Å². The van der Waals surface area contributed by atoms with Crippen molar-refractivity contribution in [2.75, 3.05) is 6.61 Å². The lowest BCUT2D eigenvalue weighted by Crippen LogP contribution is -2.07. The van der Waals surface area contributed by atoms with Gasteiger partial charge in [-0.2, -0.15) is 0 Å². The normalized spacial score (nSPS) is 10.4. The molecule has 0 bridgehead atoms. The summed E-state index contributed by atoms with van der Waals surface area (Å²) in [6.45, 7) is 0.646. The standard InChI is InChI=1S/C17H15BrCl2O3/c18-13-5-8-16(15(20)10-13)22-9-1-2-17(21)23-11-12-3-6-14(19)7-4-12/h3-8,10H,1-2,9,11H2. The molecule has 0 N–H and O–H groups in total. The molecule has 0 amide bonds. The average Bonchev–Trinajstić information content (AvgIpc) is 2.52. The first-order chi connectivity index (χ1) is 11.0. The number of carbonyl (C=O) groups is 1. The number of ether oxygens (including phenoxy) is 2. The summed E-state index contributed by atoms with van der Waals surface area (Å²) in [6, 6.07) is 12.6. The molecule has 6 heteroatoms. The summed E-state index contributed by atoms with van der Waals surface area (Å²) in [5.74, 6) is 0.342. The first-order valence-corrected chi connectivity index (χ1v) is 8.57. The Morgan fingerprint density at radius 2 is 1.83 bits per heavy atom. The lowest BCUT2D eigenvalue weighted by atomic mass is 10.2. The van der Waals surface area contributed by atoms with Crippen LogP contribution in [0.15, 0.2) is 46.9 Å². The van der Waals surface area contributed by atoms with Crippen LogP contribution < -0.4 is 4.74 Å². The van der Waals surface area contributed by atoms with E-state index < -0.39 is 0 Å². The average molecular weight is 418 g/mol. The molecule has 0 aliphatic heterocycles. The quantitative estimate of drug-likeness (QED) is 0.430. The fraction of sp³-hybridized carbons (Fsp3) is 0.235. The Labute approximate surface area is 153 Å². The molecule has 122 valence electrons. The first kappa shape index (κ1) is 18.1. The summed E-state index contributed by atoms with van der Waals surface area (Å²) in [4.78, 5) is 11.7. The van der Waals surface area contributed by atoms with Crippen LogP contribution in [0.4, 0.5) is 0 Å². The van der Waals surface area contributed by atoms with Crippen molar-refractivity contribution in [3.8, 4) is 5.75 Å². The van der Waals surface area contributed by atoms with E-state index in [0.29, 0.717) is 35.2 Å². The van der Waals surface area contributed by atoms with Gasteiger partial charge in [0, 0.05) is 15.9 Å². The second-order valence-electron chi connectivity index (χ2n) is 4.81. The molecule has 0 aromatic heterocycles. The van der Waals surface area contributed by atoms with Crippen molar-refractivity contribution in [3.05, 3.63) is 62.5 Å². The first-order valence-electron chi connectivity index (χ1n) is 7.02. The molecule has 0 spiro atoms. The summed E-state index contributed by atoms with van der Waals surface area (Å²) in [5.41, 5.74) is 0.903. The molecule has 2 aromatic rings.